The minimum Gasteiger partial charge on any atom is -0.383 e. The van der Waals surface area contributed by atoms with Crippen LogP contribution >= 0.6 is 0 Å². The smallest absolute Gasteiger partial charge is 0.320 e. The SMILES string of the molecule is CC1(C)c2ccccc2-c2cc3c(cc21)-c1ccc(-c2nc(-c4ccccc4)nc(-c4cccc(-c5ccccc5)c4)n2)cc1N1C=CC=CB31. The van der Waals surface area contributed by atoms with E-state index in [4.69, 9.17) is 15.0 Å². The molecule has 6 aromatic carbocycles. The molecule has 5 heteroatoms. The summed E-state index contributed by atoms with van der Waals surface area (Å²) in [5.41, 5.74) is 15.5. The van der Waals surface area contributed by atoms with Crippen molar-refractivity contribution in [3.8, 4) is 67.5 Å². The first-order valence-electron chi connectivity index (χ1n) is 17.6. The van der Waals surface area contributed by atoms with Gasteiger partial charge in [0.25, 0.3) is 0 Å². The predicted molar refractivity (Wildman–Crippen MR) is 211 cm³/mol. The van der Waals surface area contributed by atoms with Crippen molar-refractivity contribution in [2.75, 3.05) is 4.81 Å². The fourth-order valence-corrected chi connectivity index (χ4v) is 8.15. The molecule has 2 aliphatic heterocycles. The van der Waals surface area contributed by atoms with E-state index in [-0.39, 0.29) is 12.3 Å². The maximum atomic E-state index is 5.15. The molecule has 0 saturated heterocycles. The Morgan fingerprint density at radius 3 is 1.90 bits per heavy atom. The van der Waals surface area contributed by atoms with Crippen LogP contribution in [0.2, 0.25) is 0 Å². The summed E-state index contributed by atoms with van der Waals surface area (Å²) in [5.74, 6) is 4.26. The molecule has 1 aromatic heterocycles. The molecule has 51 heavy (non-hydrogen) atoms. The Balaban J connectivity index is 1.14. The summed E-state index contributed by atoms with van der Waals surface area (Å²) in [7, 11) is 0. The highest BCUT2D eigenvalue weighted by atomic mass is 15.1. The van der Waals surface area contributed by atoms with Crippen LogP contribution in [0, 0.1) is 0 Å². The van der Waals surface area contributed by atoms with Crippen molar-refractivity contribution in [2.24, 2.45) is 0 Å². The molecule has 3 aliphatic rings. The molecule has 0 N–H and O–H groups in total. The van der Waals surface area contributed by atoms with E-state index in [9.17, 15) is 0 Å². The van der Waals surface area contributed by atoms with Crippen LogP contribution in [0.1, 0.15) is 25.0 Å². The first-order valence-corrected chi connectivity index (χ1v) is 17.6. The zero-order valence-electron chi connectivity index (χ0n) is 28.5. The van der Waals surface area contributed by atoms with E-state index in [2.05, 4.69) is 158 Å². The minimum absolute atomic E-state index is 0.0760. The number of fused-ring (bicyclic) bond motifs is 9. The Morgan fingerprint density at radius 1 is 0.471 bits per heavy atom. The van der Waals surface area contributed by atoms with Crippen molar-refractivity contribution in [3.63, 3.8) is 0 Å². The van der Waals surface area contributed by atoms with Gasteiger partial charge in [-0.2, -0.15) is 0 Å². The Kier molecular flexibility index (Phi) is 6.59. The van der Waals surface area contributed by atoms with E-state index in [1.807, 2.05) is 24.3 Å². The van der Waals surface area contributed by atoms with Crippen LogP contribution in [-0.4, -0.2) is 21.8 Å². The van der Waals surface area contributed by atoms with Gasteiger partial charge in [0.1, 0.15) is 0 Å². The van der Waals surface area contributed by atoms with Crippen LogP contribution in [0.3, 0.4) is 0 Å². The monoisotopic (exact) mass is 652 g/mol. The van der Waals surface area contributed by atoms with Crippen molar-refractivity contribution in [2.45, 2.75) is 19.3 Å². The lowest BCUT2D eigenvalue weighted by molar-refractivity contribution is 0.660. The highest BCUT2D eigenvalue weighted by molar-refractivity contribution is 6.84. The first-order chi connectivity index (χ1) is 25.0. The number of hydrogen-bond donors (Lipinski definition) is 0. The number of rotatable bonds is 4. The maximum Gasteiger partial charge on any atom is 0.320 e. The van der Waals surface area contributed by atoms with Crippen molar-refractivity contribution < 1.29 is 0 Å². The normalized spacial score (nSPS) is 14.4. The molecule has 1 aliphatic carbocycles. The molecule has 0 radical (unpaired) electrons. The number of allylic oxidation sites excluding steroid dienone is 2. The third-order valence-electron chi connectivity index (χ3n) is 10.7. The molecule has 0 spiro atoms. The highest BCUT2D eigenvalue weighted by Gasteiger charge is 2.40. The molecule has 0 atom stereocenters. The van der Waals surface area contributed by atoms with Crippen molar-refractivity contribution in [1.29, 1.82) is 0 Å². The lowest BCUT2D eigenvalue weighted by Gasteiger charge is -2.37. The van der Waals surface area contributed by atoms with Crippen LogP contribution in [0.15, 0.2) is 164 Å². The van der Waals surface area contributed by atoms with Crippen LogP contribution in [-0.2, 0) is 5.41 Å². The third-order valence-corrected chi connectivity index (χ3v) is 10.7. The predicted octanol–water partition coefficient (Wildman–Crippen LogP) is 10.2. The standard InChI is InChI=1S/C46H33BN4/c1-46(2)39-21-10-9-20-35(39)37-29-41-38(28-40(37)46)36-23-22-34(27-42(36)51-25-12-11-24-47(41)51)45-49-43(31-16-7-4-8-17-31)48-44(50-45)33-19-13-18-32(26-33)30-14-5-3-6-15-30/h3-29H,1-2H3. The van der Waals surface area contributed by atoms with Gasteiger partial charge in [-0.05, 0) is 68.8 Å². The van der Waals surface area contributed by atoms with E-state index >= 15 is 0 Å². The molecule has 0 fully saturated rings. The molecule has 0 unspecified atom stereocenters. The second-order valence-corrected chi connectivity index (χ2v) is 14.1. The Bertz CT molecular complexity index is 2570. The first kappa shape index (κ1) is 29.6. The zero-order valence-corrected chi connectivity index (χ0v) is 28.5. The second-order valence-electron chi connectivity index (χ2n) is 14.1. The molecule has 0 saturated carbocycles. The van der Waals surface area contributed by atoms with Crippen molar-refractivity contribution in [1.82, 2.24) is 15.0 Å². The molecular weight excluding hydrogens is 619 g/mol. The molecule has 240 valence electrons. The quantitative estimate of drug-likeness (QED) is 0.178. The lowest BCUT2D eigenvalue weighted by Crippen LogP contribution is -2.49. The molecule has 3 heterocycles. The van der Waals surface area contributed by atoms with Gasteiger partial charge in [-0.25, -0.2) is 15.0 Å². The summed E-state index contributed by atoms with van der Waals surface area (Å²) in [6, 6.07) is 49.6. The van der Waals surface area contributed by atoms with E-state index < -0.39 is 0 Å². The summed E-state index contributed by atoms with van der Waals surface area (Å²) in [5, 5.41) is 0. The van der Waals surface area contributed by atoms with Gasteiger partial charge in [-0.15, -0.1) is 0 Å². The number of anilines is 1. The fraction of sp³-hybridized carbons (Fsp3) is 0.0652. The summed E-state index contributed by atoms with van der Waals surface area (Å²) in [6.07, 6.45) is 6.49. The zero-order chi connectivity index (χ0) is 34.1. The average Bonchev–Trinajstić information content (AvgIpc) is 3.43. The summed E-state index contributed by atoms with van der Waals surface area (Å²) >= 11 is 0. The van der Waals surface area contributed by atoms with Crippen LogP contribution < -0.4 is 10.3 Å². The molecule has 10 rings (SSSR count). The van der Waals surface area contributed by atoms with Gasteiger partial charge in [0, 0.05) is 33.4 Å². The maximum absolute atomic E-state index is 5.15. The molecule has 0 bridgehead atoms. The second kappa shape index (κ2) is 11.4. The van der Waals surface area contributed by atoms with Crippen molar-refractivity contribution in [3.05, 3.63) is 175 Å². The minimum atomic E-state index is -0.0760. The Morgan fingerprint density at radius 2 is 1.12 bits per heavy atom. The number of benzene rings is 6. The van der Waals surface area contributed by atoms with Gasteiger partial charge < -0.3 is 4.81 Å². The lowest BCUT2D eigenvalue weighted by atomic mass is 9.49. The highest BCUT2D eigenvalue weighted by Crippen LogP contribution is 2.51. The van der Waals surface area contributed by atoms with Crippen LogP contribution in [0.4, 0.5) is 5.69 Å². The van der Waals surface area contributed by atoms with Crippen LogP contribution in [0.25, 0.3) is 67.5 Å². The number of hydrogen-bond acceptors (Lipinski definition) is 4. The van der Waals surface area contributed by atoms with E-state index in [1.165, 1.54) is 38.8 Å². The van der Waals surface area contributed by atoms with E-state index in [0.29, 0.717) is 17.5 Å². The van der Waals surface area contributed by atoms with Gasteiger partial charge in [0.15, 0.2) is 17.5 Å². The molecular formula is C46H33BN4. The van der Waals surface area contributed by atoms with Gasteiger partial charge in [-0.1, -0.05) is 153 Å². The summed E-state index contributed by atoms with van der Waals surface area (Å²) < 4.78 is 0. The average molecular weight is 653 g/mol. The van der Waals surface area contributed by atoms with Gasteiger partial charge in [0.05, 0.1) is 0 Å². The number of nitrogens with zero attached hydrogens (tertiary/aromatic N) is 4. The van der Waals surface area contributed by atoms with E-state index in [0.717, 1.165) is 33.5 Å². The van der Waals surface area contributed by atoms with Gasteiger partial charge >= 0.3 is 6.85 Å². The topological polar surface area (TPSA) is 41.9 Å². The van der Waals surface area contributed by atoms with Gasteiger partial charge in [-0.3, -0.25) is 0 Å². The summed E-state index contributed by atoms with van der Waals surface area (Å²) in [6.45, 7) is 4.79. The van der Waals surface area contributed by atoms with E-state index in [1.54, 1.807) is 0 Å². The number of aromatic nitrogens is 3. The third kappa shape index (κ3) is 4.73. The molecule has 4 nitrogen and oxygen atoms in total. The largest absolute Gasteiger partial charge is 0.383 e. The Labute approximate surface area is 298 Å². The Hall–Kier alpha value is -6.33. The molecule has 0 amide bonds. The summed E-state index contributed by atoms with van der Waals surface area (Å²) in [4.78, 5) is 17.7. The van der Waals surface area contributed by atoms with Crippen LogP contribution in [0.5, 0.6) is 0 Å². The van der Waals surface area contributed by atoms with Crippen molar-refractivity contribution >= 4 is 18.0 Å². The van der Waals surface area contributed by atoms with Gasteiger partial charge in [0.2, 0.25) is 0 Å². The molecule has 7 aromatic rings. The fourth-order valence-electron chi connectivity index (χ4n) is 8.15.